The van der Waals surface area contributed by atoms with Crippen LogP contribution in [0, 0.1) is 22.2 Å². The molecule has 0 spiro atoms. The van der Waals surface area contributed by atoms with Crippen LogP contribution >= 0.6 is 11.6 Å². The van der Waals surface area contributed by atoms with Crippen LogP contribution in [0.25, 0.3) is 0 Å². The molecule has 0 aromatic heterocycles. The van der Waals surface area contributed by atoms with Gasteiger partial charge < -0.3 is 24.8 Å². The van der Waals surface area contributed by atoms with Gasteiger partial charge in [-0.25, -0.2) is 0 Å². The second kappa shape index (κ2) is 13.9. The highest BCUT2D eigenvalue weighted by atomic mass is 35.5. The lowest BCUT2D eigenvalue weighted by Crippen LogP contribution is -2.74. The summed E-state index contributed by atoms with van der Waals surface area (Å²) in [5.74, 6) is -0.340. The highest BCUT2D eigenvalue weighted by Crippen LogP contribution is 2.55. The Bertz CT molecular complexity index is 2080. The average Bonchev–Trinajstić information content (AvgIpc) is 3.47. The molecule has 1 unspecified atom stereocenters. The highest BCUT2D eigenvalue weighted by Gasteiger charge is 2.64. The Balaban J connectivity index is 0.807. The third-order valence-corrected chi connectivity index (χ3v) is 12.8. The molecule has 5 aliphatic rings. The predicted molar refractivity (Wildman–Crippen MR) is 208 cm³/mol. The van der Waals surface area contributed by atoms with Crippen molar-refractivity contribution >= 4 is 46.6 Å². The first kappa shape index (κ1) is 36.8. The lowest BCUT2D eigenvalue weighted by atomic mass is 9.49. The molecule has 12 nitrogen and oxygen atoms in total. The van der Waals surface area contributed by atoms with E-state index >= 15 is 0 Å². The van der Waals surface area contributed by atoms with Crippen molar-refractivity contribution in [3.05, 3.63) is 87.9 Å². The Kier molecular flexibility index (Phi) is 9.29. The molecule has 13 heteroatoms. The van der Waals surface area contributed by atoms with Gasteiger partial charge in [-0.2, -0.15) is 5.26 Å². The van der Waals surface area contributed by atoms with E-state index in [1.165, 1.54) is 0 Å². The maximum Gasteiger partial charge on any atom is 0.255 e. The molecule has 4 fully saturated rings. The van der Waals surface area contributed by atoms with Crippen molar-refractivity contribution in [1.29, 1.82) is 5.26 Å². The lowest BCUT2D eigenvalue weighted by Gasteiger charge is -2.63. The van der Waals surface area contributed by atoms with Crippen LogP contribution in [0.4, 0.5) is 11.4 Å². The summed E-state index contributed by atoms with van der Waals surface area (Å²) < 4.78 is 6.38. The predicted octanol–water partition coefficient (Wildman–Crippen LogP) is 4.60. The summed E-state index contributed by atoms with van der Waals surface area (Å²) in [5, 5.41) is 15.2. The third kappa shape index (κ3) is 6.57. The molecule has 1 saturated carbocycles. The number of anilines is 2. The zero-order valence-electron chi connectivity index (χ0n) is 31.6. The number of hydrogen-bond donors (Lipinski definition) is 2. The van der Waals surface area contributed by atoms with Crippen LogP contribution in [0.1, 0.15) is 72.4 Å². The van der Waals surface area contributed by atoms with Gasteiger partial charge in [0, 0.05) is 104 Å². The smallest absolute Gasteiger partial charge is 0.255 e. The van der Waals surface area contributed by atoms with E-state index in [1.54, 1.807) is 23.1 Å². The zero-order valence-corrected chi connectivity index (χ0v) is 32.4. The summed E-state index contributed by atoms with van der Waals surface area (Å²) in [5.41, 5.74) is 4.07. The number of carbonyl (C=O) groups is 4. The Morgan fingerprint density at radius 1 is 0.909 bits per heavy atom. The molecule has 3 aromatic rings. The Morgan fingerprint density at radius 2 is 1.60 bits per heavy atom. The molecule has 0 radical (unpaired) electrons. The minimum Gasteiger partial charge on any atom is -0.489 e. The van der Waals surface area contributed by atoms with Gasteiger partial charge in [0.25, 0.3) is 11.8 Å². The number of amides is 4. The van der Waals surface area contributed by atoms with Crippen molar-refractivity contribution in [1.82, 2.24) is 20.4 Å². The molecule has 0 bridgehead atoms. The fraction of sp³-hybridized carbons (Fsp3) is 0.452. The van der Waals surface area contributed by atoms with E-state index in [0.717, 1.165) is 56.2 Å². The van der Waals surface area contributed by atoms with E-state index in [0.29, 0.717) is 46.5 Å². The van der Waals surface area contributed by atoms with Crippen molar-refractivity contribution in [3.63, 3.8) is 0 Å². The molecule has 55 heavy (non-hydrogen) atoms. The molecular weight excluding hydrogens is 718 g/mol. The average molecular weight is 764 g/mol. The van der Waals surface area contributed by atoms with Crippen molar-refractivity contribution in [2.75, 3.05) is 49.1 Å². The molecule has 286 valence electrons. The molecule has 4 amide bonds. The molecule has 4 aliphatic heterocycles. The summed E-state index contributed by atoms with van der Waals surface area (Å²) in [6.45, 7) is 14.3. The van der Waals surface area contributed by atoms with Gasteiger partial charge in [-0.1, -0.05) is 39.3 Å². The number of nitriles is 1. The molecule has 4 heterocycles. The first-order chi connectivity index (χ1) is 26.2. The van der Waals surface area contributed by atoms with Gasteiger partial charge in [-0.05, 0) is 66.6 Å². The third-order valence-electron chi connectivity index (χ3n) is 12.5. The van der Waals surface area contributed by atoms with E-state index in [-0.39, 0.29) is 47.1 Å². The molecular formula is C42H46ClN7O5. The number of carbonyl (C=O) groups excluding carboxylic acids is 4. The molecule has 2 N–H and O–H groups in total. The zero-order chi connectivity index (χ0) is 38.8. The van der Waals surface area contributed by atoms with Crippen LogP contribution in [0.2, 0.25) is 5.02 Å². The molecule has 8 rings (SSSR count). The van der Waals surface area contributed by atoms with Crippen LogP contribution in [0.5, 0.6) is 5.75 Å². The lowest BCUT2D eigenvalue weighted by molar-refractivity contribution is -0.164. The maximum atomic E-state index is 13.5. The minimum absolute atomic E-state index is 0.112. The fourth-order valence-corrected chi connectivity index (χ4v) is 9.85. The summed E-state index contributed by atoms with van der Waals surface area (Å²) in [6, 6.07) is 20.7. The number of nitrogens with zero attached hydrogens (tertiary/aromatic N) is 5. The highest BCUT2D eigenvalue weighted by molar-refractivity contribution is 6.31. The van der Waals surface area contributed by atoms with Gasteiger partial charge in [-0.15, -0.1) is 0 Å². The number of piperidine rings is 1. The normalized spacial score (nSPS) is 24.7. The van der Waals surface area contributed by atoms with Gasteiger partial charge in [0.05, 0.1) is 10.6 Å². The number of nitrogens with one attached hydrogen (secondary N) is 2. The van der Waals surface area contributed by atoms with E-state index in [4.69, 9.17) is 16.3 Å². The summed E-state index contributed by atoms with van der Waals surface area (Å²) in [7, 11) is 0. The number of halogens is 1. The van der Waals surface area contributed by atoms with Gasteiger partial charge in [0.2, 0.25) is 11.8 Å². The SMILES string of the molecule is CC1(C)C(NC(=O)c2ccc(N3CCN(C4CN(c5ccc6c(c5)CN(C5CCC(=O)NC5=O)C6=O)C4)CC3)cc2)C(C)(C)C1Oc1ccc(C#N)c(Cl)c1. The van der Waals surface area contributed by atoms with Crippen molar-refractivity contribution in [2.45, 2.75) is 71.3 Å². The van der Waals surface area contributed by atoms with Crippen molar-refractivity contribution in [3.8, 4) is 11.8 Å². The number of fused-ring (bicyclic) bond motifs is 1. The minimum atomic E-state index is -0.609. The monoisotopic (exact) mass is 763 g/mol. The van der Waals surface area contributed by atoms with E-state index in [1.807, 2.05) is 36.4 Å². The molecule has 1 aliphatic carbocycles. The van der Waals surface area contributed by atoms with Crippen molar-refractivity contribution in [2.24, 2.45) is 10.8 Å². The van der Waals surface area contributed by atoms with Crippen LogP contribution in [-0.4, -0.2) is 96.9 Å². The Morgan fingerprint density at radius 3 is 2.25 bits per heavy atom. The van der Waals surface area contributed by atoms with Crippen LogP contribution in [0.3, 0.4) is 0 Å². The van der Waals surface area contributed by atoms with Gasteiger partial charge in [0.1, 0.15) is 24.0 Å². The first-order valence-corrected chi connectivity index (χ1v) is 19.4. The van der Waals surface area contributed by atoms with Gasteiger partial charge in [-0.3, -0.25) is 29.4 Å². The molecule has 3 aromatic carbocycles. The standard InChI is InChI=1S/C42H46ClN7O5/c1-41(2)39(42(3,4)40(41)55-31-11-7-26(21-44)33(43)20-31)46-36(52)25-5-8-28(9-6-25)47-15-17-48(18-16-47)30-23-49(24-30)29-10-12-32-27(19-29)22-50(38(32)54)34-13-14-35(51)45-37(34)53/h5-12,19-20,30,34,39-40H,13-18,22-24H2,1-4H3,(H,46,52)(H,45,51,53). The molecule has 3 saturated heterocycles. The maximum absolute atomic E-state index is 13.5. The Labute approximate surface area is 326 Å². The van der Waals surface area contributed by atoms with Gasteiger partial charge in [0.15, 0.2) is 0 Å². The number of ether oxygens (including phenoxy) is 1. The summed E-state index contributed by atoms with van der Waals surface area (Å²) in [4.78, 5) is 59.5. The van der Waals surface area contributed by atoms with E-state index in [2.05, 4.69) is 65.2 Å². The van der Waals surface area contributed by atoms with E-state index in [9.17, 15) is 24.4 Å². The number of piperazine rings is 1. The van der Waals surface area contributed by atoms with E-state index < -0.39 is 11.9 Å². The number of hydrogen-bond acceptors (Lipinski definition) is 9. The quantitative estimate of drug-likeness (QED) is 0.316. The summed E-state index contributed by atoms with van der Waals surface area (Å²) in [6.07, 6.45) is 0.425. The summed E-state index contributed by atoms with van der Waals surface area (Å²) >= 11 is 6.25. The number of rotatable bonds is 8. The Hall–Kier alpha value is -5.12. The second-order valence-electron chi connectivity index (χ2n) is 16.7. The number of imide groups is 1. The van der Waals surface area contributed by atoms with Crippen LogP contribution in [-0.2, 0) is 16.1 Å². The topological polar surface area (TPSA) is 138 Å². The fourth-order valence-electron chi connectivity index (χ4n) is 9.63. The number of benzene rings is 3. The largest absolute Gasteiger partial charge is 0.489 e. The van der Waals surface area contributed by atoms with Crippen LogP contribution in [0.15, 0.2) is 60.7 Å². The second-order valence-corrected chi connectivity index (χ2v) is 17.1. The first-order valence-electron chi connectivity index (χ1n) is 19.0. The molecule has 1 atom stereocenters. The van der Waals surface area contributed by atoms with Gasteiger partial charge >= 0.3 is 0 Å². The van der Waals surface area contributed by atoms with Crippen molar-refractivity contribution < 1.29 is 23.9 Å². The van der Waals surface area contributed by atoms with Crippen LogP contribution < -0.4 is 25.2 Å².